The molecule has 0 saturated heterocycles. The number of aliphatic hydroxyl groups excluding tert-OH is 1. The van der Waals surface area contributed by atoms with E-state index in [1.165, 1.54) is 0 Å². The Bertz CT molecular complexity index is 370. The fourth-order valence-corrected chi connectivity index (χ4v) is 0.957. The summed E-state index contributed by atoms with van der Waals surface area (Å²) < 4.78 is 0. The minimum Gasteiger partial charge on any atom is -0.394 e. The van der Waals surface area contributed by atoms with Gasteiger partial charge >= 0.3 is 5.69 Å². The number of nitrogens with one attached hydrogen (secondary N) is 1. The number of nitrogen functional groups attached to an aromatic ring is 1. The van der Waals surface area contributed by atoms with E-state index in [1.54, 1.807) is 6.92 Å². The number of hydrogen-bond acceptors (Lipinski definition) is 7. The molecule has 1 aromatic heterocycles. The predicted molar refractivity (Wildman–Crippen MR) is 53.3 cm³/mol. The number of aromatic nitrogens is 2. The summed E-state index contributed by atoms with van der Waals surface area (Å²) in [4.78, 5) is 17.2. The molecule has 0 bridgehead atoms. The zero-order valence-corrected chi connectivity index (χ0v) is 8.04. The molecule has 1 aromatic rings. The number of hydrogen-bond donors (Lipinski definition) is 3. The maximum atomic E-state index is 10.7. The van der Waals surface area contributed by atoms with E-state index in [0.717, 1.165) is 6.33 Å². The molecule has 0 aliphatic rings. The summed E-state index contributed by atoms with van der Waals surface area (Å²) in [6.07, 6.45) is 1.12. The van der Waals surface area contributed by atoms with Crippen LogP contribution in [-0.4, -0.2) is 32.6 Å². The van der Waals surface area contributed by atoms with E-state index < -0.39 is 4.92 Å². The van der Waals surface area contributed by atoms with Crippen molar-refractivity contribution in [1.82, 2.24) is 9.97 Å². The SMILES string of the molecule is CC(CO)Nc1ncnc(N)c1[N+](=O)[O-]. The first-order valence-corrected chi connectivity index (χ1v) is 4.18. The van der Waals surface area contributed by atoms with E-state index in [4.69, 9.17) is 10.8 Å². The van der Waals surface area contributed by atoms with Gasteiger partial charge in [0.15, 0.2) is 0 Å². The van der Waals surface area contributed by atoms with E-state index in [-0.39, 0.29) is 30.0 Å². The molecule has 8 nitrogen and oxygen atoms in total. The van der Waals surface area contributed by atoms with E-state index in [2.05, 4.69) is 15.3 Å². The smallest absolute Gasteiger partial charge is 0.352 e. The van der Waals surface area contributed by atoms with E-state index in [9.17, 15) is 10.1 Å². The van der Waals surface area contributed by atoms with Crippen molar-refractivity contribution >= 4 is 17.3 Å². The number of nitrogens with zero attached hydrogens (tertiary/aromatic N) is 3. The minimum absolute atomic E-state index is 0.00838. The molecule has 4 N–H and O–H groups in total. The van der Waals surface area contributed by atoms with Crippen LogP contribution in [0.3, 0.4) is 0 Å². The summed E-state index contributed by atoms with van der Waals surface area (Å²) in [5.74, 6) is -0.198. The van der Waals surface area contributed by atoms with Crippen molar-refractivity contribution in [2.45, 2.75) is 13.0 Å². The summed E-state index contributed by atoms with van der Waals surface area (Å²) in [6, 6.07) is -0.349. The normalized spacial score (nSPS) is 12.1. The number of nitro groups is 1. The van der Waals surface area contributed by atoms with E-state index >= 15 is 0 Å². The van der Waals surface area contributed by atoms with Crippen molar-refractivity contribution in [1.29, 1.82) is 0 Å². The summed E-state index contributed by atoms with van der Waals surface area (Å²) >= 11 is 0. The van der Waals surface area contributed by atoms with E-state index in [1.807, 2.05) is 0 Å². The standard InChI is InChI=1S/C7H11N5O3/c1-4(2-13)11-7-5(12(14)15)6(8)9-3-10-7/h3-4,13H,2H2,1H3,(H3,8,9,10,11). The first-order chi connectivity index (χ1) is 7.06. The second kappa shape index (κ2) is 4.51. The molecule has 0 amide bonds. The molecule has 1 unspecified atom stereocenters. The van der Waals surface area contributed by atoms with Gasteiger partial charge in [0.1, 0.15) is 6.33 Å². The molecule has 0 saturated carbocycles. The Balaban J connectivity index is 3.06. The maximum Gasteiger partial charge on any atom is 0.352 e. The maximum absolute atomic E-state index is 10.7. The Hall–Kier alpha value is -1.96. The lowest BCUT2D eigenvalue weighted by Gasteiger charge is -2.11. The molecule has 0 aliphatic carbocycles. The molecule has 1 rings (SSSR count). The van der Waals surface area contributed by atoms with Gasteiger partial charge in [0.2, 0.25) is 11.6 Å². The molecule has 0 aliphatic heterocycles. The predicted octanol–water partition coefficient (Wildman–Crippen LogP) is -0.240. The van der Waals surface area contributed by atoms with Crippen molar-refractivity contribution in [3.05, 3.63) is 16.4 Å². The summed E-state index contributed by atoms with van der Waals surface area (Å²) in [7, 11) is 0. The monoisotopic (exact) mass is 213 g/mol. The molecule has 0 fully saturated rings. The van der Waals surface area contributed by atoms with Gasteiger partial charge in [0.25, 0.3) is 0 Å². The lowest BCUT2D eigenvalue weighted by atomic mass is 10.3. The van der Waals surface area contributed by atoms with Crippen LogP contribution in [0.5, 0.6) is 0 Å². The van der Waals surface area contributed by atoms with Gasteiger partial charge in [-0.3, -0.25) is 10.1 Å². The number of nitrogens with two attached hydrogens (primary N) is 1. The van der Waals surface area contributed by atoms with Crippen molar-refractivity contribution in [3.63, 3.8) is 0 Å². The van der Waals surface area contributed by atoms with Crippen LogP contribution in [0.2, 0.25) is 0 Å². The van der Waals surface area contributed by atoms with Crippen LogP contribution >= 0.6 is 0 Å². The van der Waals surface area contributed by atoms with Crippen LogP contribution in [0.15, 0.2) is 6.33 Å². The van der Waals surface area contributed by atoms with Gasteiger partial charge < -0.3 is 16.2 Å². The number of rotatable bonds is 4. The lowest BCUT2D eigenvalue weighted by molar-refractivity contribution is -0.383. The molecular formula is C7H11N5O3. The molecule has 0 aromatic carbocycles. The zero-order valence-electron chi connectivity index (χ0n) is 8.04. The molecule has 82 valence electrons. The largest absolute Gasteiger partial charge is 0.394 e. The van der Waals surface area contributed by atoms with Gasteiger partial charge in [0.05, 0.1) is 11.5 Å². The summed E-state index contributed by atoms with van der Waals surface area (Å²) in [5, 5.41) is 22.1. The summed E-state index contributed by atoms with van der Waals surface area (Å²) in [5.41, 5.74) is 4.97. The minimum atomic E-state index is -0.665. The highest BCUT2D eigenvalue weighted by molar-refractivity contribution is 5.67. The molecule has 0 radical (unpaired) electrons. The quantitative estimate of drug-likeness (QED) is 0.465. The van der Waals surface area contributed by atoms with Crippen LogP contribution in [0.4, 0.5) is 17.3 Å². The molecular weight excluding hydrogens is 202 g/mol. The van der Waals surface area contributed by atoms with Crippen molar-refractivity contribution in [2.24, 2.45) is 0 Å². The Kier molecular flexibility index (Phi) is 3.34. The highest BCUT2D eigenvalue weighted by atomic mass is 16.6. The van der Waals surface area contributed by atoms with Crippen molar-refractivity contribution in [3.8, 4) is 0 Å². The Morgan fingerprint density at radius 2 is 2.40 bits per heavy atom. The molecule has 8 heteroatoms. The first kappa shape index (κ1) is 11.1. The summed E-state index contributed by atoms with van der Waals surface area (Å²) in [6.45, 7) is 1.49. The average Bonchev–Trinajstić information content (AvgIpc) is 2.17. The number of anilines is 2. The van der Waals surface area contributed by atoms with Crippen LogP contribution in [0.1, 0.15) is 6.92 Å². The fourth-order valence-electron chi connectivity index (χ4n) is 0.957. The average molecular weight is 213 g/mol. The molecule has 1 heterocycles. The molecule has 15 heavy (non-hydrogen) atoms. The highest BCUT2D eigenvalue weighted by Gasteiger charge is 2.21. The topological polar surface area (TPSA) is 127 Å². The van der Waals surface area contributed by atoms with Gasteiger partial charge in [-0.1, -0.05) is 0 Å². The third-order valence-electron chi connectivity index (χ3n) is 1.69. The van der Waals surface area contributed by atoms with Gasteiger partial charge in [-0.15, -0.1) is 0 Å². The van der Waals surface area contributed by atoms with Crippen LogP contribution in [-0.2, 0) is 0 Å². The number of aliphatic hydroxyl groups is 1. The first-order valence-electron chi connectivity index (χ1n) is 4.18. The second-order valence-corrected chi connectivity index (χ2v) is 2.94. The van der Waals surface area contributed by atoms with E-state index in [0.29, 0.717) is 0 Å². The fraction of sp³-hybridized carbons (Fsp3) is 0.429. The Morgan fingerprint density at radius 3 is 2.93 bits per heavy atom. The Morgan fingerprint density at radius 1 is 1.73 bits per heavy atom. The van der Waals surface area contributed by atoms with Crippen LogP contribution < -0.4 is 11.1 Å². The second-order valence-electron chi connectivity index (χ2n) is 2.94. The third kappa shape index (κ3) is 2.50. The molecule has 1 atom stereocenters. The zero-order chi connectivity index (χ0) is 11.4. The highest BCUT2D eigenvalue weighted by Crippen LogP contribution is 2.26. The van der Waals surface area contributed by atoms with Crippen LogP contribution in [0, 0.1) is 10.1 Å². The third-order valence-corrected chi connectivity index (χ3v) is 1.69. The van der Waals surface area contributed by atoms with Gasteiger partial charge in [-0.25, -0.2) is 9.97 Å². The molecule has 0 spiro atoms. The van der Waals surface area contributed by atoms with Crippen molar-refractivity contribution in [2.75, 3.05) is 17.7 Å². The van der Waals surface area contributed by atoms with Crippen LogP contribution in [0.25, 0.3) is 0 Å². The van der Waals surface area contributed by atoms with Crippen molar-refractivity contribution < 1.29 is 10.0 Å². The Labute approximate surface area is 85.3 Å². The van der Waals surface area contributed by atoms with Gasteiger partial charge in [0, 0.05) is 6.04 Å². The lowest BCUT2D eigenvalue weighted by Crippen LogP contribution is -2.21. The van der Waals surface area contributed by atoms with Gasteiger partial charge in [-0.05, 0) is 6.92 Å². The van der Waals surface area contributed by atoms with Gasteiger partial charge in [-0.2, -0.15) is 0 Å².